The van der Waals surface area contributed by atoms with E-state index < -0.39 is 0 Å². The second-order valence-electron chi connectivity index (χ2n) is 5.14. The Kier molecular flexibility index (Phi) is 4.05. The predicted octanol–water partition coefficient (Wildman–Crippen LogP) is 2.78. The molecule has 1 aromatic carbocycles. The van der Waals surface area contributed by atoms with Gasteiger partial charge in [0.05, 0.1) is 23.9 Å². The summed E-state index contributed by atoms with van der Waals surface area (Å²) in [6.45, 7) is 1.53. The number of rotatable bonds is 2. The lowest BCUT2D eigenvalue weighted by molar-refractivity contribution is -0.145. The maximum atomic E-state index is 11.8. The number of benzene rings is 1. The number of esters is 1. The molecule has 1 aliphatic rings. The fourth-order valence-electron chi connectivity index (χ4n) is 2.82. The molecule has 1 aromatic heterocycles. The third-order valence-electron chi connectivity index (χ3n) is 3.85. The van der Waals surface area contributed by atoms with Gasteiger partial charge >= 0.3 is 5.97 Å². The Bertz CT molecular complexity index is 672. The summed E-state index contributed by atoms with van der Waals surface area (Å²) in [4.78, 5) is 22.7. The first-order chi connectivity index (χ1) is 10.2. The molecule has 0 aliphatic carbocycles. The Morgan fingerprint density at radius 1 is 1.43 bits per heavy atom. The molecule has 0 radical (unpaired) electrons. The quantitative estimate of drug-likeness (QED) is 0.780. The van der Waals surface area contributed by atoms with Crippen molar-refractivity contribution in [3.8, 4) is 0 Å². The lowest BCUT2D eigenvalue weighted by Gasteiger charge is -2.32. The van der Waals surface area contributed by atoms with Crippen LogP contribution in [-0.4, -0.2) is 36.1 Å². The minimum Gasteiger partial charge on any atom is -0.469 e. The van der Waals surface area contributed by atoms with Gasteiger partial charge in [0.1, 0.15) is 12.1 Å². The zero-order valence-electron chi connectivity index (χ0n) is 11.8. The van der Waals surface area contributed by atoms with E-state index in [0.717, 1.165) is 40.6 Å². The van der Waals surface area contributed by atoms with Gasteiger partial charge in [-0.05, 0) is 40.9 Å². The van der Waals surface area contributed by atoms with Crippen LogP contribution in [0.1, 0.15) is 12.8 Å². The second kappa shape index (κ2) is 5.97. The monoisotopic (exact) mass is 349 g/mol. The van der Waals surface area contributed by atoms with Gasteiger partial charge in [0.25, 0.3) is 0 Å². The third-order valence-corrected chi connectivity index (χ3v) is 4.51. The van der Waals surface area contributed by atoms with Gasteiger partial charge in [0, 0.05) is 17.6 Å². The highest BCUT2D eigenvalue weighted by atomic mass is 79.9. The van der Waals surface area contributed by atoms with Crippen LogP contribution in [0.3, 0.4) is 0 Å². The lowest BCUT2D eigenvalue weighted by atomic mass is 9.98. The average Bonchev–Trinajstić information content (AvgIpc) is 2.54. The fourth-order valence-corrected chi connectivity index (χ4v) is 3.35. The van der Waals surface area contributed by atoms with Crippen LogP contribution in [0.4, 0.5) is 5.82 Å². The zero-order valence-corrected chi connectivity index (χ0v) is 13.3. The standard InChI is InChI=1S/C15H16BrN3O2/c1-21-15(20)10-4-3-7-19(8-10)14-13-11(16)5-2-6-12(13)17-9-18-14/h2,5-6,9-10H,3-4,7-8H2,1H3. The molecule has 1 saturated heterocycles. The van der Waals surface area contributed by atoms with E-state index in [1.807, 2.05) is 18.2 Å². The van der Waals surface area contributed by atoms with E-state index >= 15 is 0 Å². The van der Waals surface area contributed by atoms with Crippen LogP contribution in [0.25, 0.3) is 10.9 Å². The molecule has 21 heavy (non-hydrogen) atoms. The molecule has 5 nitrogen and oxygen atoms in total. The first kappa shape index (κ1) is 14.3. The summed E-state index contributed by atoms with van der Waals surface area (Å²) in [6, 6.07) is 5.90. The number of aromatic nitrogens is 2. The topological polar surface area (TPSA) is 55.3 Å². The van der Waals surface area contributed by atoms with E-state index in [-0.39, 0.29) is 11.9 Å². The fraction of sp³-hybridized carbons (Fsp3) is 0.400. The number of halogens is 1. The maximum absolute atomic E-state index is 11.8. The molecule has 1 unspecified atom stereocenters. The van der Waals surface area contributed by atoms with Crippen molar-refractivity contribution in [3.63, 3.8) is 0 Å². The number of hydrogen-bond acceptors (Lipinski definition) is 5. The van der Waals surface area contributed by atoms with Crippen LogP contribution in [0.5, 0.6) is 0 Å². The Morgan fingerprint density at radius 2 is 2.29 bits per heavy atom. The summed E-state index contributed by atoms with van der Waals surface area (Å²) in [5.41, 5.74) is 0.898. The second-order valence-corrected chi connectivity index (χ2v) is 5.99. The molecule has 0 saturated carbocycles. The van der Waals surface area contributed by atoms with Crippen LogP contribution in [-0.2, 0) is 9.53 Å². The third kappa shape index (κ3) is 2.72. The van der Waals surface area contributed by atoms with Crippen molar-refractivity contribution in [1.29, 1.82) is 0 Å². The Morgan fingerprint density at radius 3 is 3.10 bits per heavy atom. The van der Waals surface area contributed by atoms with Crippen LogP contribution >= 0.6 is 15.9 Å². The Balaban J connectivity index is 1.98. The van der Waals surface area contributed by atoms with E-state index in [1.54, 1.807) is 6.33 Å². The van der Waals surface area contributed by atoms with Gasteiger partial charge in [-0.25, -0.2) is 9.97 Å². The molecule has 0 amide bonds. The summed E-state index contributed by atoms with van der Waals surface area (Å²) in [5, 5.41) is 0.991. The van der Waals surface area contributed by atoms with E-state index in [0.29, 0.717) is 6.54 Å². The molecule has 2 heterocycles. The lowest BCUT2D eigenvalue weighted by Crippen LogP contribution is -2.39. The number of anilines is 1. The van der Waals surface area contributed by atoms with Gasteiger partial charge in [0.2, 0.25) is 0 Å². The molecule has 0 spiro atoms. The van der Waals surface area contributed by atoms with Crippen LogP contribution in [0.15, 0.2) is 29.0 Å². The molecule has 0 bridgehead atoms. The van der Waals surface area contributed by atoms with Crippen molar-refractivity contribution in [2.24, 2.45) is 5.92 Å². The molecule has 1 aliphatic heterocycles. The van der Waals surface area contributed by atoms with Crippen LogP contribution < -0.4 is 4.90 Å². The van der Waals surface area contributed by atoms with E-state index in [1.165, 1.54) is 7.11 Å². The number of carbonyl (C=O) groups is 1. The van der Waals surface area contributed by atoms with Gasteiger partial charge in [-0.15, -0.1) is 0 Å². The number of carbonyl (C=O) groups excluding carboxylic acids is 1. The summed E-state index contributed by atoms with van der Waals surface area (Å²) >= 11 is 3.57. The molecule has 0 N–H and O–H groups in total. The number of ether oxygens (including phenoxy) is 1. The largest absolute Gasteiger partial charge is 0.469 e. The van der Waals surface area contributed by atoms with Gasteiger partial charge < -0.3 is 9.64 Å². The van der Waals surface area contributed by atoms with Crippen LogP contribution in [0, 0.1) is 5.92 Å². The van der Waals surface area contributed by atoms with Crippen molar-refractivity contribution < 1.29 is 9.53 Å². The Labute approximate surface area is 131 Å². The highest BCUT2D eigenvalue weighted by Gasteiger charge is 2.28. The summed E-state index contributed by atoms with van der Waals surface area (Å²) in [6.07, 6.45) is 3.40. The molecular formula is C15H16BrN3O2. The number of hydrogen-bond donors (Lipinski definition) is 0. The number of methoxy groups -OCH3 is 1. The first-order valence-electron chi connectivity index (χ1n) is 6.92. The minimum absolute atomic E-state index is 0.0868. The summed E-state index contributed by atoms with van der Waals surface area (Å²) < 4.78 is 5.85. The van der Waals surface area contributed by atoms with E-state index in [9.17, 15) is 4.79 Å². The van der Waals surface area contributed by atoms with E-state index in [4.69, 9.17) is 4.74 Å². The molecule has 1 fully saturated rings. The van der Waals surface area contributed by atoms with Crippen molar-refractivity contribution in [3.05, 3.63) is 29.0 Å². The highest BCUT2D eigenvalue weighted by molar-refractivity contribution is 9.10. The van der Waals surface area contributed by atoms with E-state index in [2.05, 4.69) is 30.8 Å². The molecule has 110 valence electrons. The SMILES string of the molecule is COC(=O)C1CCCN(c2ncnc3cccc(Br)c23)C1. The van der Waals surface area contributed by atoms with Gasteiger partial charge in [0.15, 0.2) is 0 Å². The predicted molar refractivity (Wildman–Crippen MR) is 84.2 cm³/mol. The minimum atomic E-state index is -0.142. The average molecular weight is 350 g/mol. The zero-order chi connectivity index (χ0) is 14.8. The van der Waals surface area contributed by atoms with Crippen molar-refractivity contribution in [1.82, 2.24) is 9.97 Å². The van der Waals surface area contributed by atoms with Crippen molar-refractivity contribution in [2.45, 2.75) is 12.8 Å². The van der Waals surface area contributed by atoms with Gasteiger partial charge in [-0.3, -0.25) is 4.79 Å². The first-order valence-corrected chi connectivity index (χ1v) is 7.72. The van der Waals surface area contributed by atoms with Gasteiger partial charge in [-0.2, -0.15) is 0 Å². The normalized spacial score (nSPS) is 18.8. The molecular weight excluding hydrogens is 334 g/mol. The number of fused-ring (bicyclic) bond motifs is 1. The Hall–Kier alpha value is -1.69. The van der Waals surface area contributed by atoms with Crippen molar-refractivity contribution in [2.75, 3.05) is 25.1 Å². The molecule has 6 heteroatoms. The smallest absolute Gasteiger partial charge is 0.310 e. The number of nitrogens with zero attached hydrogens (tertiary/aromatic N) is 3. The van der Waals surface area contributed by atoms with Crippen LogP contribution in [0.2, 0.25) is 0 Å². The maximum Gasteiger partial charge on any atom is 0.310 e. The number of piperidine rings is 1. The molecule has 1 atom stereocenters. The molecule has 3 rings (SSSR count). The summed E-state index contributed by atoms with van der Waals surface area (Å²) in [7, 11) is 1.44. The van der Waals surface area contributed by atoms with Crippen molar-refractivity contribution >= 4 is 38.6 Å². The highest BCUT2D eigenvalue weighted by Crippen LogP contribution is 2.32. The summed E-state index contributed by atoms with van der Waals surface area (Å²) in [5.74, 6) is 0.648. The van der Waals surface area contributed by atoms with Gasteiger partial charge in [-0.1, -0.05) is 6.07 Å². The molecule has 2 aromatic rings.